The van der Waals surface area contributed by atoms with Crippen LogP contribution in [0.4, 0.5) is 8.78 Å². The van der Waals surface area contributed by atoms with Gasteiger partial charge in [-0.2, -0.15) is 13.9 Å². The Morgan fingerprint density at radius 1 is 1.16 bits per heavy atom. The van der Waals surface area contributed by atoms with E-state index in [-0.39, 0.29) is 36.3 Å². The van der Waals surface area contributed by atoms with Crippen LogP contribution in [0, 0.1) is 0 Å². The third-order valence-electron chi connectivity index (χ3n) is 4.31. The van der Waals surface area contributed by atoms with Gasteiger partial charge in [0.1, 0.15) is 24.2 Å². The molecule has 0 atom stereocenters. The standard InChI is InChI=1S/C21H24F2N6O2.HI/c1-3-25-21(26-11-15-4-6-17(7-5-15)29-14-24-13-28-29)27-12-16-10-18(30-2)8-9-19(16)31-20(22)23;/h4-10,13-14,20H,3,11-12H2,1-2H3,(H2,25,26,27);1H. The molecule has 0 aliphatic carbocycles. The van der Waals surface area contributed by atoms with Gasteiger partial charge in [-0.25, -0.2) is 14.7 Å². The third-order valence-corrected chi connectivity index (χ3v) is 4.31. The number of nitrogens with zero attached hydrogens (tertiary/aromatic N) is 4. The zero-order valence-electron chi connectivity index (χ0n) is 17.7. The zero-order chi connectivity index (χ0) is 22.1. The Balaban J connectivity index is 0.00000363. The van der Waals surface area contributed by atoms with E-state index in [1.807, 2.05) is 31.2 Å². The van der Waals surface area contributed by atoms with E-state index in [1.54, 1.807) is 23.1 Å². The van der Waals surface area contributed by atoms with Crippen LogP contribution in [-0.2, 0) is 13.1 Å². The summed E-state index contributed by atoms with van der Waals surface area (Å²) in [6.07, 6.45) is 3.11. The maximum absolute atomic E-state index is 12.7. The van der Waals surface area contributed by atoms with Gasteiger partial charge in [0.2, 0.25) is 0 Å². The molecule has 0 radical (unpaired) electrons. The number of hydrogen-bond donors (Lipinski definition) is 2. The lowest BCUT2D eigenvalue weighted by atomic mass is 10.2. The number of ether oxygens (including phenoxy) is 2. The van der Waals surface area contributed by atoms with E-state index >= 15 is 0 Å². The molecule has 0 spiro atoms. The molecular formula is C21H25F2IN6O2. The van der Waals surface area contributed by atoms with Gasteiger partial charge in [-0.1, -0.05) is 12.1 Å². The number of halogens is 3. The lowest BCUT2D eigenvalue weighted by molar-refractivity contribution is -0.0504. The fourth-order valence-electron chi connectivity index (χ4n) is 2.82. The minimum atomic E-state index is -2.91. The highest BCUT2D eigenvalue weighted by Crippen LogP contribution is 2.25. The normalized spacial score (nSPS) is 11.1. The Morgan fingerprint density at radius 3 is 2.56 bits per heavy atom. The first kappa shape index (κ1) is 25.3. The summed E-state index contributed by atoms with van der Waals surface area (Å²) in [5.41, 5.74) is 2.44. The molecule has 0 aliphatic heterocycles. The monoisotopic (exact) mass is 558 g/mol. The second-order valence-electron chi connectivity index (χ2n) is 6.41. The topological polar surface area (TPSA) is 85.6 Å². The van der Waals surface area contributed by atoms with Crippen molar-refractivity contribution < 1.29 is 18.3 Å². The molecule has 0 bridgehead atoms. The van der Waals surface area contributed by atoms with E-state index < -0.39 is 6.61 Å². The van der Waals surface area contributed by atoms with Gasteiger partial charge >= 0.3 is 6.61 Å². The number of hydrogen-bond acceptors (Lipinski definition) is 5. The van der Waals surface area contributed by atoms with Crippen LogP contribution in [0.3, 0.4) is 0 Å². The Labute approximate surface area is 202 Å². The Bertz CT molecular complexity index is 984. The predicted molar refractivity (Wildman–Crippen MR) is 128 cm³/mol. The number of alkyl halides is 2. The SMILES string of the molecule is CCNC(=NCc1ccc(-n2cncn2)cc1)NCc1cc(OC)ccc1OC(F)F.I. The summed E-state index contributed by atoms with van der Waals surface area (Å²) >= 11 is 0. The molecule has 0 fully saturated rings. The first-order valence-corrected chi connectivity index (χ1v) is 9.67. The van der Waals surface area contributed by atoms with Crippen LogP contribution < -0.4 is 20.1 Å². The molecule has 0 saturated heterocycles. The smallest absolute Gasteiger partial charge is 0.387 e. The van der Waals surface area contributed by atoms with Crippen molar-refractivity contribution >= 4 is 29.9 Å². The minimum Gasteiger partial charge on any atom is -0.497 e. The van der Waals surface area contributed by atoms with E-state index in [2.05, 4.69) is 30.4 Å². The molecular weight excluding hydrogens is 533 g/mol. The fraction of sp³-hybridized carbons (Fsp3) is 0.286. The van der Waals surface area contributed by atoms with Gasteiger partial charge < -0.3 is 20.1 Å². The van der Waals surface area contributed by atoms with Gasteiger partial charge in [0.05, 0.1) is 19.3 Å². The molecule has 2 N–H and O–H groups in total. The summed E-state index contributed by atoms with van der Waals surface area (Å²) in [5, 5.41) is 10.4. The largest absolute Gasteiger partial charge is 0.497 e. The van der Waals surface area contributed by atoms with Crippen LogP contribution in [0.2, 0.25) is 0 Å². The Hall–Kier alpha value is -2.96. The van der Waals surface area contributed by atoms with Crippen LogP contribution in [0.25, 0.3) is 5.69 Å². The average Bonchev–Trinajstić information content (AvgIpc) is 3.31. The van der Waals surface area contributed by atoms with Crippen LogP contribution >= 0.6 is 24.0 Å². The summed E-state index contributed by atoms with van der Waals surface area (Å²) in [6.45, 7) is 0.354. The van der Waals surface area contributed by atoms with Crippen molar-refractivity contribution in [1.82, 2.24) is 25.4 Å². The van der Waals surface area contributed by atoms with Crippen LogP contribution in [-0.4, -0.2) is 41.0 Å². The number of methoxy groups -OCH3 is 1. The molecule has 11 heteroatoms. The summed E-state index contributed by atoms with van der Waals surface area (Å²) in [7, 11) is 1.51. The maximum atomic E-state index is 12.7. The molecule has 2 aromatic carbocycles. The average molecular weight is 558 g/mol. The first-order chi connectivity index (χ1) is 15.1. The molecule has 0 aliphatic rings. The number of nitrogens with one attached hydrogen (secondary N) is 2. The molecule has 0 amide bonds. The number of guanidine groups is 1. The van der Waals surface area contributed by atoms with E-state index in [4.69, 9.17) is 4.74 Å². The summed E-state index contributed by atoms with van der Waals surface area (Å²) in [5.74, 6) is 1.18. The molecule has 3 rings (SSSR count). The first-order valence-electron chi connectivity index (χ1n) is 9.67. The van der Waals surface area contributed by atoms with Gasteiger partial charge in [0.15, 0.2) is 5.96 Å². The fourth-order valence-corrected chi connectivity index (χ4v) is 2.82. The van der Waals surface area contributed by atoms with Crippen molar-refractivity contribution in [3.8, 4) is 17.2 Å². The third kappa shape index (κ3) is 7.32. The van der Waals surface area contributed by atoms with Crippen molar-refractivity contribution in [3.05, 3.63) is 66.2 Å². The zero-order valence-corrected chi connectivity index (χ0v) is 20.0. The molecule has 1 aromatic heterocycles. The molecule has 3 aromatic rings. The second-order valence-corrected chi connectivity index (χ2v) is 6.41. The summed E-state index contributed by atoms with van der Waals surface area (Å²) in [6, 6.07) is 12.5. The van der Waals surface area contributed by atoms with Crippen molar-refractivity contribution in [2.75, 3.05) is 13.7 Å². The van der Waals surface area contributed by atoms with Crippen molar-refractivity contribution in [2.45, 2.75) is 26.6 Å². The van der Waals surface area contributed by atoms with Crippen molar-refractivity contribution in [1.29, 1.82) is 0 Å². The number of rotatable bonds is 9. The lowest BCUT2D eigenvalue weighted by Gasteiger charge is -2.15. The number of aromatic nitrogens is 3. The lowest BCUT2D eigenvalue weighted by Crippen LogP contribution is -2.36. The highest BCUT2D eigenvalue weighted by molar-refractivity contribution is 14.0. The van der Waals surface area contributed by atoms with Gasteiger partial charge in [-0.05, 0) is 42.8 Å². The molecule has 172 valence electrons. The van der Waals surface area contributed by atoms with Crippen molar-refractivity contribution in [3.63, 3.8) is 0 Å². The highest BCUT2D eigenvalue weighted by Gasteiger charge is 2.11. The second kappa shape index (κ2) is 12.8. The predicted octanol–water partition coefficient (Wildman–Crippen LogP) is 3.75. The van der Waals surface area contributed by atoms with E-state index in [9.17, 15) is 8.78 Å². The van der Waals surface area contributed by atoms with E-state index in [0.29, 0.717) is 30.4 Å². The van der Waals surface area contributed by atoms with E-state index in [0.717, 1.165) is 11.3 Å². The molecule has 0 saturated carbocycles. The van der Waals surface area contributed by atoms with Crippen molar-refractivity contribution in [2.24, 2.45) is 4.99 Å². The molecule has 32 heavy (non-hydrogen) atoms. The summed E-state index contributed by atoms with van der Waals surface area (Å²) < 4.78 is 36.9. The maximum Gasteiger partial charge on any atom is 0.387 e. The number of benzene rings is 2. The molecule has 8 nitrogen and oxygen atoms in total. The molecule has 0 unspecified atom stereocenters. The van der Waals surface area contributed by atoms with Gasteiger partial charge in [-0.3, -0.25) is 0 Å². The Morgan fingerprint density at radius 2 is 1.94 bits per heavy atom. The van der Waals surface area contributed by atoms with Gasteiger partial charge in [0, 0.05) is 18.7 Å². The highest BCUT2D eigenvalue weighted by atomic mass is 127. The van der Waals surface area contributed by atoms with Gasteiger partial charge in [0.25, 0.3) is 0 Å². The minimum absolute atomic E-state index is 0. The molecule has 1 heterocycles. The number of aliphatic imine (C=N–C) groups is 1. The quantitative estimate of drug-likeness (QED) is 0.237. The Kier molecular flexibility index (Phi) is 10.1. The van der Waals surface area contributed by atoms with Gasteiger partial charge in [-0.15, -0.1) is 24.0 Å². The van der Waals surface area contributed by atoms with Crippen LogP contribution in [0.15, 0.2) is 60.1 Å². The van der Waals surface area contributed by atoms with E-state index in [1.165, 1.54) is 19.5 Å². The van der Waals surface area contributed by atoms with Crippen LogP contribution in [0.5, 0.6) is 11.5 Å². The summed E-state index contributed by atoms with van der Waals surface area (Å²) in [4.78, 5) is 8.50. The van der Waals surface area contributed by atoms with Crippen LogP contribution in [0.1, 0.15) is 18.1 Å².